The lowest BCUT2D eigenvalue weighted by Crippen LogP contribution is -2.39. The second-order valence-electron chi connectivity index (χ2n) is 7.43. The SMILES string of the molecule is Cc1cc(=O)n(CC(=O)NCc2ccccc2Cl)c(N2CCc3ccccc3C2)n1. The highest BCUT2D eigenvalue weighted by Gasteiger charge is 2.21. The molecule has 2 aromatic carbocycles. The van der Waals surface area contributed by atoms with E-state index in [1.165, 1.54) is 21.8 Å². The van der Waals surface area contributed by atoms with E-state index in [0.717, 1.165) is 18.5 Å². The molecule has 1 aromatic heterocycles. The van der Waals surface area contributed by atoms with Gasteiger partial charge in [-0.15, -0.1) is 0 Å². The summed E-state index contributed by atoms with van der Waals surface area (Å²) in [5, 5.41) is 3.44. The average Bonchev–Trinajstić information content (AvgIpc) is 2.74. The van der Waals surface area contributed by atoms with Crippen molar-refractivity contribution in [3.8, 4) is 0 Å². The summed E-state index contributed by atoms with van der Waals surface area (Å²) < 4.78 is 1.45. The predicted molar refractivity (Wildman–Crippen MR) is 118 cm³/mol. The summed E-state index contributed by atoms with van der Waals surface area (Å²) in [6, 6.07) is 17.1. The van der Waals surface area contributed by atoms with Gasteiger partial charge in [0.1, 0.15) is 6.54 Å². The van der Waals surface area contributed by atoms with Crippen molar-refractivity contribution < 1.29 is 4.79 Å². The number of hydrogen-bond donors (Lipinski definition) is 1. The topological polar surface area (TPSA) is 67.2 Å². The standard InChI is InChI=1S/C23H23ClN4O2/c1-16-12-22(30)28(15-21(29)25-13-18-7-4-5-9-20(18)24)23(26-16)27-11-10-17-6-2-3-8-19(17)14-27/h2-9,12H,10-11,13-15H2,1H3,(H,25,29). The number of carbonyl (C=O) groups excluding carboxylic acids is 1. The Bertz CT molecular complexity index is 1140. The maximum atomic E-state index is 12.7. The largest absolute Gasteiger partial charge is 0.350 e. The van der Waals surface area contributed by atoms with Crippen LogP contribution in [0.1, 0.15) is 22.4 Å². The molecule has 1 amide bonds. The van der Waals surface area contributed by atoms with E-state index >= 15 is 0 Å². The summed E-state index contributed by atoms with van der Waals surface area (Å²) in [4.78, 5) is 32.0. The molecule has 6 nitrogen and oxygen atoms in total. The molecule has 1 aliphatic rings. The minimum absolute atomic E-state index is 0.0932. The fourth-order valence-corrected chi connectivity index (χ4v) is 3.90. The molecular weight excluding hydrogens is 400 g/mol. The van der Waals surface area contributed by atoms with Crippen molar-refractivity contribution in [1.82, 2.24) is 14.9 Å². The van der Waals surface area contributed by atoms with Crippen molar-refractivity contribution in [1.29, 1.82) is 0 Å². The number of nitrogens with zero attached hydrogens (tertiary/aromatic N) is 3. The van der Waals surface area contributed by atoms with Crippen LogP contribution in [0.2, 0.25) is 5.02 Å². The van der Waals surface area contributed by atoms with Gasteiger partial charge in [-0.3, -0.25) is 14.2 Å². The third kappa shape index (κ3) is 4.39. The van der Waals surface area contributed by atoms with E-state index < -0.39 is 0 Å². The Labute approximate surface area is 180 Å². The zero-order chi connectivity index (χ0) is 21.1. The van der Waals surface area contributed by atoms with Gasteiger partial charge in [0.2, 0.25) is 11.9 Å². The molecule has 154 valence electrons. The van der Waals surface area contributed by atoms with E-state index in [2.05, 4.69) is 27.3 Å². The average molecular weight is 423 g/mol. The molecule has 0 atom stereocenters. The molecule has 0 unspecified atom stereocenters. The molecule has 0 spiro atoms. The smallest absolute Gasteiger partial charge is 0.255 e. The fraction of sp³-hybridized carbons (Fsp3) is 0.261. The number of halogens is 1. The van der Waals surface area contributed by atoms with E-state index in [1.807, 2.05) is 30.3 Å². The number of carbonyl (C=O) groups is 1. The van der Waals surface area contributed by atoms with Crippen molar-refractivity contribution in [3.63, 3.8) is 0 Å². The molecule has 0 aliphatic carbocycles. The molecular formula is C23H23ClN4O2. The summed E-state index contributed by atoms with van der Waals surface area (Å²) in [6.45, 7) is 3.41. The van der Waals surface area contributed by atoms with Crippen LogP contribution in [0.4, 0.5) is 5.95 Å². The van der Waals surface area contributed by atoms with Gasteiger partial charge in [-0.2, -0.15) is 0 Å². The lowest BCUT2D eigenvalue weighted by molar-refractivity contribution is -0.121. The quantitative estimate of drug-likeness (QED) is 0.686. The summed E-state index contributed by atoms with van der Waals surface area (Å²) >= 11 is 6.16. The van der Waals surface area contributed by atoms with Crippen LogP contribution in [-0.2, 0) is 30.8 Å². The molecule has 0 saturated heterocycles. The highest BCUT2D eigenvalue weighted by molar-refractivity contribution is 6.31. The molecule has 7 heteroatoms. The molecule has 30 heavy (non-hydrogen) atoms. The van der Waals surface area contributed by atoms with Crippen LogP contribution in [-0.4, -0.2) is 22.0 Å². The number of benzene rings is 2. The molecule has 0 fully saturated rings. The maximum Gasteiger partial charge on any atom is 0.255 e. The van der Waals surface area contributed by atoms with Crippen molar-refractivity contribution >= 4 is 23.5 Å². The number of aromatic nitrogens is 2. The molecule has 0 radical (unpaired) electrons. The van der Waals surface area contributed by atoms with Crippen LogP contribution in [0, 0.1) is 6.92 Å². The fourth-order valence-electron chi connectivity index (χ4n) is 3.70. The van der Waals surface area contributed by atoms with Crippen LogP contribution in [0.15, 0.2) is 59.4 Å². The highest BCUT2D eigenvalue weighted by atomic mass is 35.5. The summed E-state index contributed by atoms with van der Waals surface area (Å²) in [5.74, 6) is 0.267. The van der Waals surface area contributed by atoms with Crippen LogP contribution in [0.5, 0.6) is 0 Å². The normalized spacial score (nSPS) is 13.1. The van der Waals surface area contributed by atoms with Gasteiger partial charge >= 0.3 is 0 Å². The van der Waals surface area contributed by atoms with Gasteiger partial charge in [0.25, 0.3) is 5.56 Å². The van der Waals surface area contributed by atoms with Crippen LogP contribution in [0.25, 0.3) is 0 Å². The number of fused-ring (bicyclic) bond motifs is 1. The van der Waals surface area contributed by atoms with Gasteiger partial charge in [0.05, 0.1) is 0 Å². The number of amides is 1. The van der Waals surface area contributed by atoms with Gasteiger partial charge in [0.15, 0.2) is 0 Å². The summed E-state index contributed by atoms with van der Waals surface area (Å²) in [7, 11) is 0. The Balaban J connectivity index is 1.54. The number of rotatable bonds is 5. The predicted octanol–water partition coefficient (Wildman–Crippen LogP) is 3.08. The Kier molecular flexibility index (Phi) is 5.86. The van der Waals surface area contributed by atoms with Crippen LogP contribution in [0.3, 0.4) is 0 Å². The Morgan fingerprint density at radius 2 is 1.87 bits per heavy atom. The molecule has 3 aromatic rings. The van der Waals surface area contributed by atoms with E-state index in [-0.39, 0.29) is 18.0 Å². The zero-order valence-electron chi connectivity index (χ0n) is 16.8. The Morgan fingerprint density at radius 1 is 1.13 bits per heavy atom. The molecule has 4 rings (SSSR count). The first-order valence-electron chi connectivity index (χ1n) is 9.91. The lowest BCUT2D eigenvalue weighted by Gasteiger charge is -2.31. The third-order valence-corrected chi connectivity index (χ3v) is 5.63. The lowest BCUT2D eigenvalue weighted by atomic mass is 10.0. The first-order chi connectivity index (χ1) is 14.5. The Morgan fingerprint density at radius 3 is 2.67 bits per heavy atom. The third-order valence-electron chi connectivity index (χ3n) is 5.27. The van der Waals surface area contributed by atoms with E-state index in [1.54, 1.807) is 13.0 Å². The number of aryl methyl sites for hydroxylation is 1. The molecule has 1 aliphatic heterocycles. The van der Waals surface area contributed by atoms with Crippen LogP contribution < -0.4 is 15.8 Å². The van der Waals surface area contributed by atoms with Gasteiger partial charge in [0, 0.05) is 36.4 Å². The van der Waals surface area contributed by atoms with Crippen molar-refractivity contribution in [2.45, 2.75) is 33.0 Å². The molecule has 2 heterocycles. The Hall–Kier alpha value is -3.12. The highest BCUT2D eigenvalue weighted by Crippen LogP contribution is 2.22. The number of anilines is 1. The molecule has 0 bridgehead atoms. The maximum absolute atomic E-state index is 12.7. The van der Waals surface area contributed by atoms with Gasteiger partial charge < -0.3 is 10.2 Å². The zero-order valence-corrected chi connectivity index (χ0v) is 17.5. The summed E-state index contributed by atoms with van der Waals surface area (Å²) in [5.41, 5.74) is 3.77. The monoisotopic (exact) mass is 422 g/mol. The number of nitrogens with one attached hydrogen (secondary N) is 1. The van der Waals surface area contributed by atoms with Crippen molar-refractivity contribution in [2.75, 3.05) is 11.4 Å². The van der Waals surface area contributed by atoms with Crippen molar-refractivity contribution in [2.24, 2.45) is 0 Å². The first kappa shape index (κ1) is 20.2. The van der Waals surface area contributed by atoms with Crippen LogP contribution >= 0.6 is 11.6 Å². The molecule has 1 N–H and O–H groups in total. The second-order valence-corrected chi connectivity index (χ2v) is 7.84. The minimum atomic E-state index is -0.263. The van der Waals surface area contributed by atoms with Crippen molar-refractivity contribution in [3.05, 3.63) is 92.4 Å². The van der Waals surface area contributed by atoms with Gasteiger partial charge in [-0.05, 0) is 36.1 Å². The van der Waals surface area contributed by atoms with Gasteiger partial charge in [-0.25, -0.2) is 4.98 Å². The second kappa shape index (κ2) is 8.71. The summed E-state index contributed by atoms with van der Waals surface area (Å²) in [6.07, 6.45) is 0.874. The van der Waals surface area contributed by atoms with E-state index in [0.29, 0.717) is 29.8 Å². The minimum Gasteiger partial charge on any atom is -0.350 e. The van der Waals surface area contributed by atoms with E-state index in [9.17, 15) is 9.59 Å². The number of hydrogen-bond acceptors (Lipinski definition) is 4. The van der Waals surface area contributed by atoms with E-state index in [4.69, 9.17) is 11.6 Å². The first-order valence-corrected chi connectivity index (χ1v) is 10.3. The molecule has 0 saturated carbocycles. The van der Waals surface area contributed by atoms with Gasteiger partial charge in [-0.1, -0.05) is 54.1 Å².